The number of esters is 4. The molecule has 0 aliphatic rings. The van der Waals surface area contributed by atoms with Crippen molar-refractivity contribution in [1.82, 2.24) is 0 Å². The minimum Gasteiger partial charge on any atom is -0.743 e. The molecule has 0 saturated carbocycles. The average molecular weight is 1280 g/mol. The van der Waals surface area contributed by atoms with Crippen molar-refractivity contribution in [2.75, 3.05) is 0 Å². The number of halogens is 2. The van der Waals surface area contributed by atoms with Crippen LogP contribution in [-0.4, -0.2) is 58.9 Å². The molecular weight excluding hydrogens is 1190 g/mol. The molecule has 0 radical (unpaired) electrons. The molecule has 1 unspecified atom stereocenters. The molecule has 478 valence electrons. The lowest BCUT2D eigenvalue weighted by Gasteiger charge is -2.29. The first-order valence-electron chi connectivity index (χ1n) is 28.5. The van der Waals surface area contributed by atoms with Gasteiger partial charge in [0.25, 0.3) is 0 Å². The summed E-state index contributed by atoms with van der Waals surface area (Å²) in [7, 11) is -5.87. The van der Waals surface area contributed by atoms with Gasteiger partial charge in [-0.25, -0.2) is 13.2 Å². The first kappa shape index (κ1) is 74.9. The minimum atomic E-state index is -5.86. The zero-order chi connectivity index (χ0) is 66.5. The number of aromatic hydroxyl groups is 1. The Morgan fingerprint density at radius 2 is 0.864 bits per heavy atom. The zero-order valence-corrected chi connectivity index (χ0v) is 55.5. The van der Waals surface area contributed by atoms with Gasteiger partial charge >= 0.3 is 34.1 Å². The zero-order valence-electron chi connectivity index (χ0n) is 53.1. The second-order valence-electron chi connectivity index (χ2n) is 23.7. The highest BCUT2D eigenvalue weighted by Crippen LogP contribution is 2.33. The smallest absolute Gasteiger partial charge is 0.396 e. The summed E-state index contributed by atoms with van der Waals surface area (Å²) in [5.41, 5.74) is -2.26. The van der Waals surface area contributed by atoms with E-state index in [4.69, 9.17) is 28.5 Å². The van der Waals surface area contributed by atoms with Gasteiger partial charge in [-0.2, -0.15) is 8.78 Å². The van der Waals surface area contributed by atoms with Gasteiger partial charge in [0.1, 0.15) is 34.3 Å². The van der Waals surface area contributed by atoms with E-state index in [1.165, 1.54) is 40.7 Å². The number of carbonyl (C=O) groups excluding carboxylic acids is 4. The number of carbonyl (C=O) groups is 4. The second-order valence-corrected chi connectivity index (χ2v) is 28.1. The van der Waals surface area contributed by atoms with Gasteiger partial charge < -0.3 is 37.8 Å². The molecule has 15 nitrogen and oxygen atoms in total. The van der Waals surface area contributed by atoms with Gasteiger partial charge in [-0.3, -0.25) is 19.2 Å². The molecule has 88 heavy (non-hydrogen) atoms. The molecule has 0 fully saturated rings. The highest BCUT2D eigenvalue weighted by atomic mass is 32.2. The minimum absolute atomic E-state index is 0.0146. The van der Waals surface area contributed by atoms with Crippen LogP contribution >= 0.6 is 11.3 Å². The van der Waals surface area contributed by atoms with Gasteiger partial charge in [0.05, 0.1) is 37.3 Å². The van der Waals surface area contributed by atoms with Crippen LogP contribution in [0.5, 0.6) is 28.7 Å². The van der Waals surface area contributed by atoms with E-state index in [0.29, 0.717) is 42.6 Å². The van der Waals surface area contributed by atoms with E-state index >= 15 is 0 Å². The lowest BCUT2D eigenvalue weighted by atomic mass is 9.90. The van der Waals surface area contributed by atoms with Crippen LogP contribution in [0.2, 0.25) is 0 Å². The molecule has 20 heteroatoms. The van der Waals surface area contributed by atoms with Crippen molar-refractivity contribution >= 4 is 66.5 Å². The monoisotopic (exact) mass is 1270 g/mol. The summed E-state index contributed by atoms with van der Waals surface area (Å²) in [6.07, 6.45) is 0.180. The third kappa shape index (κ3) is 23.6. The fraction of sp³-hybridized carbons (Fsp3) is 0.397. The number of benzene rings is 6. The molecule has 1 heterocycles. The number of hydrogen-bond acceptors (Lipinski definition) is 16. The Morgan fingerprint density at radius 1 is 0.534 bits per heavy atom. The Morgan fingerprint density at radius 3 is 1.22 bits per heavy atom. The van der Waals surface area contributed by atoms with Gasteiger partial charge in [-0.15, -0.1) is 0 Å². The summed E-state index contributed by atoms with van der Waals surface area (Å²) in [4.78, 5) is 61.7. The molecule has 1 N–H and O–H groups in total. The Balaban J connectivity index is 0.000000288. The molecule has 0 amide bonds. The van der Waals surface area contributed by atoms with E-state index in [-0.39, 0.29) is 45.1 Å². The number of rotatable bonds is 18. The predicted molar refractivity (Wildman–Crippen MR) is 340 cm³/mol. The number of alkyl halides is 2. The van der Waals surface area contributed by atoms with Crippen LogP contribution in [0, 0.1) is 21.7 Å². The summed E-state index contributed by atoms with van der Waals surface area (Å²) in [6, 6.07) is 50.3. The number of phenols is 1. The highest BCUT2D eigenvalue weighted by Gasteiger charge is 2.48. The molecule has 6 aromatic carbocycles. The SMILES string of the molecule is CCC(C)(C)C(=O)OC(C)C(F)(F)S(=O)(=O)[O-].CCC(C)(C)C(=O)Oc1ccc(O)cc1.CCC(C)(C)C(=O)Oc1ccc(OC(C)(C)C)cc1.CCC(C)(C)C(=O)Oc1ccc2sc(=O)oc2c1.c1ccc([S+](c2ccccc2)c2ccccc2)cc1. The average Bonchev–Trinajstić information content (AvgIpc) is 4.04. The summed E-state index contributed by atoms with van der Waals surface area (Å²) < 4.78 is 88.5. The fourth-order valence-corrected chi connectivity index (χ4v) is 9.55. The predicted octanol–water partition coefficient (Wildman–Crippen LogP) is 16.4. The number of ether oxygens (including phenoxy) is 5. The normalized spacial score (nSPS) is 12.2. The molecule has 0 saturated heterocycles. The van der Waals surface area contributed by atoms with Crippen LogP contribution < -0.4 is 23.9 Å². The first-order chi connectivity index (χ1) is 40.8. The molecule has 1 aromatic heterocycles. The molecule has 0 aliphatic carbocycles. The summed E-state index contributed by atoms with van der Waals surface area (Å²) >= 11 is 1.03. The Bertz CT molecular complexity index is 3390. The summed E-state index contributed by atoms with van der Waals surface area (Å²) in [5.74, 6) is 0.599. The Labute approximate surface area is 523 Å². The van der Waals surface area contributed by atoms with Crippen LogP contribution in [0.3, 0.4) is 0 Å². The van der Waals surface area contributed by atoms with E-state index in [2.05, 4.69) is 95.7 Å². The van der Waals surface area contributed by atoms with Crippen molar-refractivity contribution in [3.63, 3.8) is 0 Å². The highest BCUT2D eigenvalue weighted by molar-refractivity contribution is 7.97. The largest absolute Gasteiger partial charge is 0.743 e. The number of phenolic OH excluding ortho intramolecular Hbond substituents is 1. The lowest BCUT2D eigenvalue weighted by Crippen LogP contribution is -2.44. The third-order valence-corrected chi connectivity index (χ3v) is 17.8. The van der Waals surface area contributed by atoms with Crippen LogP contribution in [0.4, 0.5) is 8.78 Å². The van der Waals surface area contributed by atoms with Gasteiger partial charge in [-0.1, -0.05) is 93.6 Å². The summed E-state index contributed by atoms with van der Waals surface area (Å²) in [6.45, 7) is 28.2. The molecule has 1 atom stereocenters. The molecule has 0 spiro atoms. The van der Waals surface area contributed by atoms with Crippen molar-refractivity contribution < 1.29 is 74.1 Å². The van der Waals surface area contributed by atoms with Crippen LogP contribution in [0.15, 0.2) is 182 Å². The van der Waals surface area contributed by atoms with Gasteiger partial charge in [0, 0.05) is 6.07 Å². The van der Waals surface area contributed by atoms with Crippen molar-refractivity contribution in [2.24, 2.45) is 21.7 Å². The third-order valence-electron chi connectivity index (χ3n) is 13.8. The van der Waals surface area contributed by atoms with Gasteiger partial charge in [0.2, 0.25) is 0 Å². The molecular formula is C68H84F2O15S3. The van der Waals surface area contributed by atoms with E-state index in [1.54, 1.807) is 49.4 Å². The quantitative estimate of drug-likeness (QED) is 0.0365. The van der Waals surface area contributed by atoms with E-state index in [1.807, 2.05) is 95.2 Å². The topological polar surface area (TPSA) is 222 Å². The van der Waals surface area contributed by atoms with Crippen molar-refractivity contribution in [2.45, 2.75) is 168 Å². The first-order valence-corrected chi connectivity index (χ1v) is 32.0. The standard InChI is InChI=1S/C18H15S.C16H24O3.C13H14O4S.C12H16O3.C9H16F2O5S/c1-4-10-16(11-5-1)19(17-12-6-2-7-13-17)18-14-8-3-9-15-18;1-7-16(5,6)14(17)18-12-8-10-13(11-9-12)19-15(2,3)4;1-4-13(2,3)11(14)16-8-5-6-10-9(7-8)17-12(15)18-10;1-4-12(2,3)11(14)15-10-7-5-9(13)6-8-10;1-5-8(3,4)7(12)16-6(2)9(10,11)17(13,14)15/h1-15H;8-11H,7H2,1-6H3;5-7H,4H2,1-3H3;5-8,13H,4H2,1-3H3;6H,5H2,1-4H3,(H,13,14,15)/q+1;;;;/p-1. The van der Waals surface area contributed by atoms with E-state index in [9.17, 15) is 45.7 Å². The van der Waals surface area contributed by atoms with Crippen LogP contribution in [0.1, 0.15) is 136 Å². The molecule has 0 bridgehead atoms. The lowest BCUT2D eigenvalue weighted by molar-refractivity contribution is -0.170. The number of fused-ring (bicyclic) bond motifs is 1. The van der Waals surface area contributed by atoms with E-state index < -0.39 is 49.1 Å². The van der Waals surface area contributed by atoms with Crippen LogP contribution in [0.25, 0.3) is 10.3 Å². The molecule has 7 rings (SSSR count). The second kappa shape index (κ2) is 32.7. The van der Waals surface area contributed by atoms with Crippen LogP contribution in [-0.2, 0) is 44.9 Å². The Kier molecular flexibility index (Phi) is 27.8. The van der Waals surface area contributed by atoms with Gasteiger partial charge in [0.15, 0.2) is 36.5 Å². The molecule has 0 aliphatic heterocycles. The van der Waals surface area contributed by atoms with Crippen molar-refractivity contribution in [3.05, 3.63) is 167 Å². The molecule has 7 aromatic rings. The maximum atomic E-state index is 13.0. The van der Waals surface area contributed by atoms with Crippen molar-refractivity contribution in [1.29, 1.82) is 0 Å². The Hall–Kier alpha value is -7.39. The van der Waals surface area contributed by atoms with Crippen molar-refractivity contribution in [3.8, 4) is 28.7 Å². The van der Waals surface area contributed by atoms with Gasteiger partial charge in [-0.05, 0) is 206 Å². The maximum absolute atomic E-state index is 13.0. The maximum Gasteiger partial charge on any atom is 0.396 e. The number of hydrogen-bond donors (Lipinski definition) is 1. The summed E-state index contributed by atoms with van der Waals surface area (Å²) in [5, 5.41) is 4.42. The van der Waals surface area contributed by atoms with E-state index in [0.717, 1.165) is 34.6 Å². The fourth-order valence-electron chi connectivity index (χ4n) is 6.34.